The Labute approximate surface area is 151 Å². The lowest BCUT2D eigenvalue weighted by atomic mass is 10.2. The second kappa shape index (κ2) is 7.21. The van der Waals surface area contributed by atoms with Crippen LogP contribution < -0.4 is 10.2 Å². The second-order valence-corrected chi connectivity index (χ2v) is 7.66. The minimum absolute atomic E-state index is 0.326. The minimum atomic E-state index is 0.326. The molecule has 1 aromatic heterocycles. The van der Waals surface area contributed by atoms with Gasteiger partial charge in [-0.05, 0) is 37.2 Å². The van der Waals surface area contributed by atoms with Gasteiger partial charge in [0.05, 0.1) is 16.3 Å². The average molecular weight is 363 g/mol. The van der Waals surface area contributed by atoms with Gasteiger partial charge in [0.25, 0.3) is 0 Å². The predicted molar refractivity (Wildman–Crippen MR) is 103 cm³/mol. The molecule has 24 heavy (non-hydrogen) atoms. The Bertz CT molecular complexity index is 672. The molecule has 2 aliphatic heterocycles. The standard InChI is InChI=1S/C17H22N4OS2/c23-16(18-12-13-4-3-11-22-13)20-7-9-21(10-8-20)17-19-14-5-1-2-6-15(14)24-17/h1-2,5-6,13H,3-4,7-12H2,(H,18,23). The van der Waals surface area contributed by atoms with E-state index < -0.39 is 0 Å². The predicted octanol–water partition coefficient (Wildman–Crippen LogP) is 2.47. The van der Waals surface area contributed by atoms with Crippen molar-refractivity contribution in [1.29, 1.82) is 0 Å². The van der Waals surface area contributed by atoms with Gasteiger partial charge in [-0.3, -0.25) is 0 Å². The molecule has 0 aliphatic carbocycles. The van der Waals surface area contributed by atoms with E-state index in [1.807, 2.05) is 6.07 Å². The SMILES string of the molecule is S=C(NCC1CCCO1)N1CCN(c2nc3ccccc3s2)CC1. The van der Waals surface area contributed by atoms with Crippen molar-refractivity contribution in [3.63, 3.8) is 0 Å². The van der Waals surface area contributed by atoms with Gasteiger partial charge in [0, 0.05) is 39.3 Å². The van der Waals surface area contributed by atoms with Crippen molar-refractivity contribution in [3.05, 3.63) is 24.3 Å². The first-order chi connectivity index (χ1) is 11.8. The van der Waals surface area contributed by atoms with Crippen LogP contribution in [0.5, 0.6) is 0 Å². The zero-order chi connectivity index (χ0) is 16.4. The largest absolute Gasteiger partial charge is 0.376 e. The number of thiocarbonyl (C=S) groups is 1. The molecule has 4 rings (SSSR count). The van der Waals surface area contributed by atoms with Gasteiger partial charge in [-0.1, -0.05) is 23.5 Å². The molecule has 0 bridgehead atoms. The number of thiazole rings is 1. The number of nitrogens with zero attached hydrogens (tertiary/aromatic N) is 3. The van der Waals surface area contributed by atoms with Crippen molar-refractivity contribution in [1.82, 2.24) is 15.2 Å². The van der Waals surface area contributed by atoms with Crippen LogP contribution in [0.4, 0.5) is 5.13 Å². The normalized spacial score (nSPS) is 21.4. The molecule has 1 atom stereocenters. The maximum absolute atomic E-state index is 5.64. The lowest BCUT2D eigenvalue weighted by Gasteiger charge is -2.36. The molecule has 2 saturated heterocycles. The first kappa shape index (κ1) is 16.1. The third kappa shape index (κ3) is 3.48. The number of para-hydroxylation sites is 1. The first-order valence-electron chi connectivity index (χ1n) is 8.54. The fourth-order valence-electron chi connectivity index (χ4n) is 3.21. The molecule has 2 aromatic rings. The van der Waals surface area contributed by atoms with Crippen LogP contribution >= 0.6 is 23.6 Å². The molecule has 7 heteroatoms. The van der Waals surface area contributed by atoms with E-state index in [4.69, 9.17) is 21.9 Å². The van der Waals surface area contributed by atoms with E-state index >= 15 is 0 Å². The summed E-state index contributed by atoms with van der Waals surface area (Å²) in [5.41, 5.74) is 1.09. The number of piperazine rings is 1. The van der Waals surface area contributed by atoms with Gasteiger partial charge >= 0.3 is 0 Å². The molecule has 1 aromatic carbocycles. The third-order valence-electron chi connectivity index (χ3n) is 4.62. The highest BCUT2D eigenvalue weighted by molar-refractivity contribution is 7.80. The average Bonchev–Trinajstić information content (AvgIpc) is 3.29. The number of aromatic nitrogens is 1. The highest BCUT2D eigenvalue weighted by atomic mass is 32.1. The summed E-state index contributed by atoms with van der Waals surface area (Å²) in [7, 11) is 0. The van der Waals surface area contributed by atoms with Gasteiger partial charge in [0.2, 0.25) is 0 Å². The van der Waals surface area contributed by atoms with Crippen molar-refractivity contribution in [3.8, 4) is 0 Å². The van der Waals surface area contributed by atoms with Gasteiger partial charge < -0.3 is 19.9 Å². The number of hydrogen-bond donors (Lipinski definition) is 1. The number of anilines is 1. The zero-order valence-electron chi connectivity index (χ0n) is 13.6. The van der Waals surface area contributed by atoms with Gasteiger partial charge in [0.15, 0.2) is 10.2 Å². The highest BCUT2D eigenvalue weighted by Crippen LogP contribution is 2.29. The topological polar surface area (TPSA) is 40.6 Å². The van der Waals surface area contributed by atoms with Gasteiger partial charge in [-0.15, -0.1) is 0 Å². The van der Waals surface area contributed by atoms with Crippen molar-refractivity contribution in [2.24, 2.45) is 0 Å². The lowest BCUT2D eigenvalue weighted by molar-refractivity contribution is 0.113. The summed E-state index contributed by atoms with van der Waals surface area (Å²) in [5.74, 6) is 0. The monoisotopic (exact) mass is 362 g/mol. The quantitative estimate of drug-likeness (QED) is 0.846. The molecule has 1 unspecified atom stereocenters. The lowest BCUT2D eigenvalue weighted by Crippen LogP contribution is -2.52. The van der Waals surface area contributed by atoms with E-state index in [1.165, 1.54) is 11.1 Å². The van der Waals surface area contributed by atoms with Crippen molar-refractivity contribution in [2.75, 3.05) is 44.2 Å². The second-order valence-electron chi connectivity index (χ2n) is 6.26. The Balaban J connectivity index is 1.30. The molecule has 0 saturated carbocycles. The number of rotatable bonds is 3. The smallest absolute Gasteiger partial charge is 0.186 e. The van der Waals surface area contributed by atoms with E-state index in [1.54, 1.807) is 11.3 Å². The third-order valence-corrected chi connectivity index (χ3v) is 6.12. The van der Waals surface area contributed by atoms with E-state index in [0.29, 0.717) is 6.10 Å². The van der Waals surface area contributed by atoms with Crippen LogP contribution in [-0.2, 0) is 4.74 Å². The maximum atomic E-state index is 5.64. The van der Waals surface area contributed by atoms with E-state index in [-0.39, 0.29) is 0 Å². The highest BCUT2D eigenvalue weighted by Gasteiger charge is 2.22. The van der Waals surface area contributed by atoms with Gasteiger partial charge in [-0.2, -0.15) is 0 Å². The fourth-order valence-corrected chi connectivity index (χ4v) is 4.50. The minimum Gasteiger partial charge on any atom is -0.376 e. The van der Waals surface area contributed by atoms with E-state index in [9.17, 15) is 0 Å². The Morgan fingerprint density at radius 1 is 1.29 bits per heavy atom. The summed E-state index contributed by atoms with van der Waals surface area (Å²) in [6.45, 7) is 5.51. The summed E-state index contributed by atoms with van der Waals surface area (Å²) in [6, 6.07) is 8.33. The van der Waals surface area contributed by atoms with Crippen LogP contribution in [0.2, 0.25) is 0 Å². The van der Waals surface area contributed by atoms with Crippen LogP contribution in [0, 0.1) is 0 Å². The molecule has 2 aliphatic rings. The molecule has 5 nitrogen and oxygen atoms in total. The number of fused-ring (bicyclic) bond motifs is 1. The molecule has 3 heterocycles. The number of nitrogens with one attached hydrogen (secondary N) is 1. The summed E-state index contributed by atoms with van der Waals surface area (Å²) >= 11 is 7.32. The Hall–Kier alpha value is -1.44. The van der Waals surface area contributed by atoms with Crippen molar-refractivity contribution < 1.29 is 4.74 Å². The fraction of sp³-hybridized carbons (Fsp3) is 0.529. The van der Waals surface area contributed by atoms with Crippen LogP contribution in [-0.4, -0.2) is 60.4 Å². The van der Waals surface area contributed by atoms with Crippen LogP contribution in [0.25, 0.3) is 10.2 Å². The Morgan fingerprint density at radius 3 is 2.88 bits per heavy atom. The molecule has 128 valence electrons. The van der Waals surface area contributed by atoms with Gasteiger partial charge in [0.1, 0.15) is 0 Å². The molecular weight excluding hydrogens is 340 g/mol. The zero-order valence-corrected chi connectivity index (χ0v) is 15.2. The van der Waals surface area contributed by atoms with Crippen LogP contribution in [0.15, 0.2) is 24.3 Å². The summed E-state index contributed by atoms with van der Waals surface area (Å²) in [4.78, 5) is 9.38. The molecule has 1 N–H and O–H groups in total. The molecule has 0 spiro atoms. The number of ether oxygens (including phenoxy) is 1. The first-order valence-corrected chi connectivity index (χ1v) is 9.77. The van der Waals surface area contributed by atoms with Crippen molar-refractivity contribution >= 4 is 44.0 Å². The summed E-state index contributed by atoms with van der Waals surface area (Å²) < 4.78 is 6.89. The molecular formula is C17H22N4OS2. The van der Waals surface area contributed by atoms with E-state index in [0.717, 1.165) is 61.5 Å². The number of benzene rings is 1. The Kier molecular flexibility index (Phi) is 4.82. The molecule has 0 radical (unpaired) electrons. The van der Waals surface area contributed by atoms with Crippen molar-refractivity contribution in [2.45, 2.75) is 18.9 Å². The van der Waals surface area contributed by atoms with E-state index in [2.05, 4.69) is 33.3 Å². The Morgan fingerprint density at radius 2 is 2.12 bits per heavy atom. The summed E-state index contributed by atoms with van der Waals surface area (Å²) in [5, 5.41) is 5.35. The van der Waals surface area contributed by atoms with Crippen LogP contribution in [0.1, 0.15) is 12.8 Å². The van der Waals surface area contributed by atoms with Crippen LogP contribution in [0.3, 0.4) is 0 Å². The maximum Gasteiger partial charge on any atom is 0.186 e. The molecule has 0 amide bonds. The molecule has 2 fully saturated rings. The number of hydrogen-bond acceptors (Lipinski definition) is 5. The van der Waals surface area contributed by atoms with Gasteiger partial charge in [-0.25, -0.2) is 4.98 Å². The summed E-state index contributed by atoms with van der Waals surface area (Å²) in [6.07, 6.45) is 2.63.